The molecule has 0 spiro atoms. The molecule has 0 aliphatic heterocycles. The van der Waals surface area contributed by atoms with E-state index in [1.54, 1.807) is 14.2 Å². The van der Waals surface area contributed by atoms with E-state index in [1.165, 1.54) is 6.20 Å². The van der Waals surface area contributed by atoms with Gasteiger partial charge in [-0.2, -0.15) is 0 Å². The summed E-state index contributed by atoms with van der Waals surface area (Å²) >= 11 is 0. The Bertz CT molecular complexity index is 1160. The third-order valence-electron chi connectivity index (χ3n) is 6.08. The van der Waals surface area contributed by atoms with Gasteiger partial charge < -0.3 is 9.47 Å². The fraction of sp³-hybridized carbons (Fsp3) is 0.308. The Morgan fingerprint density at radius 1 is 1.12 bits per heavy atom. The van der Waals surface area contributed by atoms with E-state index in [0.29, 0.717) is 42.0 Å². The zero-order valence-corrected chi connectivity index (χ0v) is 19.0. The molecule has 1 aliphatic carbocycles. The van der Waals surface area contributed by atoms with Gasteiger partial charge in [-0.05, 0) is 30.0 Å². The van der Waals surface area contributed by atoms with E-state index in [-0.39, 0.29) is 29.5 Å². The van der Waals surface area contributed by atoms with Crippen LogP contribution in [0.5, 0.6) is 11.5 Å². The van der Waals surface area contributed by atoms with E-state index < -0.39 is 0 Å². The first kappa shape index (κ1) is 22.5. The van der Waals surface area contributed by atoms with E-state index >= 15 is 0 Å². The van der Waals surface area contributed by atoms with E-state index in [2.05, 4.69) is 15.3 Å². The van der Waals surface area contributed by atoms with Crippen molar-refractivity contribution in [3.8, 4) is 11.5 Å². The second-order valence-electron chi connectivity index (χ2n) is 8.05. The zero-order valence-electron chi connectivity index (χ0n) is 19.0. The molecule has 7 heteroatoms. The van der Waals surface area contributed by atoms with Crippen LogP contribution in [-0.2, 0) is 11.2 Å². The molecule has 7 nitrogen and oxygen atoms in total. The molecule has 0 saturated heterocycles. The zero-order chi connectivity index (χ0) is 23.4. The van der Waals surface area contributed by atoms with E-state index in [9.17, 15) is 9.59 Å². The van der Waals surface area contributed by atoms with E-state index in [1.807, 2.05) is 55.5 Å². The number of fused-ring (bicyclic) bond motifs is 1. The molecule has 0 unspecified atom stereocenters. The van der Waals surface area contributed by atoms with Crippen LogP contribution in [-0.4, -0.2) is 35.9 Å². The highest BCUT2D eigenvalue weighted by molar-refractivity contribution is 5.99. The van der Waals surface area contributed by atoms with Gasteiger partial charge in [0, 0.05) is 24.6 Å². The molecule has 0 radical (unpaired) electrons. The molecule has 1 aromatic heterocycles. The Balaban J connectivity index is 1.57. The molecule has 3 aromatic rings. The number of ketones is 1. The number of aromatic nitrogens is 2. The lowest BCUT2D eigenvalue weighted by atomic mass is 9.82. The quantitative estimate of drug-likeness (QED) is 0.574. The van der Waals surface area contributed by atoms with Gasteiger partial charge >= 0.3 is 0 Å². The minimum Gasteiger partial charge on any atom is -0.497 e. The summed E-state index contributed by atoms with van der Waals surface area (Å²) in [6.07, 6.45) is 3.06. The highest BCUT2D eigenvalue weighted by atomic mass is 16.5. The molecule has 0 saturated carbocycles. The SMILES string of the molecule is CC[C@@H](C(=O)Nc1ncc2c(n1)C[C@@H](c1ccc(OC)cc1OC)CC2=O)c1ccccc1. The smallest absolute Gasteiger partial charge is 0.234 e. The molecule has 4 rings (SSSR count). The number of Topliss-reactive ketones (excluding diaryl/α,β-unsaturated/α-hetero) is 1. The number of hydrogen-bond donors (Lipinski definition) is 1. The van der Waals surface area contributed by atoms with Gasteiger partial charge in [-0.25, -0.2) is 9.97 Å². The van der Waals surface area contributed by atoms with Gasteiger partial charge in [0.25, 0.3) is 0 Å². The number of ether oxygens (including phenoxy) is 2. The number of carbonyl (C=O) groups is 2. The summed E-state index contributed by atoms with van der Waals surface area (Å²) in [5.74, 6) is 0.997. The number of methoxy groups -OCH3 is 2. The second-order valence-corrected chi connectivity index (χ2v) is 8.05. The van der Waals surface area contributed by atoms with Crippen molar-refractivity contribution in [2.45, 2.75) is 38.0 Å². The normalized spacial score (nSPS) is 16.0. The first-order valence-electron chi connectivity index (χ1n) is 11.0. The lowest BCUT2D eigenvalue weighted by molar-refractivity contribution is -0.117. The fourth-order valence-corrected chi connectivity index (χ4v) is 4.34. The lowest BCUT2D eigenvalue weighted by Crippen LogP contribution is -2.25. The Morgan fingerprint density at radius 3 is 2.61 bits per heavy atom. The average Bonchev–Trinajstić information content (AvgIpc) is 2.84. The maximum Gasteiger partial charge on any atom is 0.234 e. The number of rotatable bonds is 7. The van der Waals surface area contributed by atoms with Gasteiger partial charge in [-0.1, -0.05) is 43.3 Å². The lowest BCUT2D eigenvalue weighted by Gasteiger charge is -2.25. The van der Waals surface area contributed by atoms with Crippen LogP contribution in [0.15, 0.2) is 54.7 Å². The molecular weight excluding hydrogens is 418 g/mol. The molecule has 170 valence electrons. The molecule has 1 aliphatic rings. The summed E-state index contributed by atoms with van der Waals surface area (Å²) in [5, 5.41) is 2.83. The van der Waals surface area contributed by atoms with Crippen molar-refractivity contribution >= 4 is 17.6 Å². The Labute approximate surface area is 193 Å². The molecule has 2 atom stereocenters. The topological polar surface area (TPSA) is 90.4 Å². The Morgan fingerprint density at radius 2 is 1.91 bits per heavy atom. The minimum absolute atomic E-state index is 0.0206. The summed E-state index contributed by atoms with van der Waals surface area (Å²) < 4.78 is 10.8. The molecule has 33 heavy (non-hydrogen) atoms. The number of nitrogens with one attached hydrogen (secondary N) is 1. The van der Waals surface area contributed by atoms with Crippen LogP contribution in [0.2, 0.25) is 0 Å². The number of amides is 1. The summed E-state index contributed by atoms with van der Waals surface area (Å²) in [4.78, 5) is 34.5. The average molecular weight is 446 g/mol. The molecule has 1 heterocycles. The van der Waals surface area contributed by atoms with Gasteiger partial charge in [-0.15, -0.1) is 0 Å². The van der Waals surface area contributed by atoms with Crippen LogP contribution in [0.4, 0.5) is 5.95 Å². The van der Waals surface area contributed by atoms with Crippen LogP contribution >= 0.6 is 0 Å². The number of nitrogens with zero attached hydrogens (tertiary/aromatic N) is 2. The molecule has 0 bridgehead atoms. The predicted octanol–water partition coefficient (Wildman–Crippen LogP) is 4.54. The minimum atomic E-state index is -0.302. The van der Waals surface area contributed by atoms with Gasteiger partial charge in [0.05, 0.1) is 31.4 Å². The van der Waals surface area contributed by atoms with Gasteiger partial charge in [0.15, 0.2) is 5.78 Å². The highest BCUT2D eigenvalue weighted by Crippen LogP contribution is 2.38. The largest absolute Gasteiger partial charge is 0.497 e. The third-order valence-corrected chi connectivity index (χ3v) is 6.08. The van der Waals surface area contributed by atoms with Crippen molar-refractivity contribution in [3.05, 3.63) is 77.1 Å². The van der Waals surface area contributed by atoms with Crippen LogP contribution in [0, 0.1) is 0 Å². The monoisotopic (exact) mass is 445 g/mol. The maximum atomic E-state index is 12.9. The molecular formula is C26H27N3O4. The summed E-state index contributed by atoms with van der Waals surface area (Å²) in [6.45, 7) is 1.97. The first-order valence-corrected chi connectivity index (χ1v) is 11.0. The number of hydrogen-bond acceptors (Lipinski definition) is 6. The second kappa shape index (κ2) is 9.81. The van der Waals surface area contributed by atoms with Crippen LogP contribution < -0.4 is 14.8 Å². The van der Waals surface area contributed by atoms with Crippen LogP contribution in [0.3, 0.4) is 0 Å². The van der Waals surface area contributed by atoms with Crippen molar-refractivity contribution < 1.29 is 19.1 Å². The standard InChI is InChI=1S/C26H27N3O4/c1-4-19(16-8-6-5-7-9-16)25(31)29-26-27-15-21-22(28-26)12-17(13-23(21)30)20-11-10-18(32-2)14-24(20)33-3/h5-11,14-15,17,19H,4,12-13H2,1-3H3,(H,27,28,29,31)/t17-,19-/m1/s1. The van der Waals surface area contributed by atoms with Crippen LogP contribution in [0.1, 0.15) is 58.8 Å². The fourth-order valence-electron chi connectivity index (χ4n) is 4.34. The molecule has 1 amide bonds. The van der Waals surface area contributed by atoms with Gasteiger partial charge in [0.1, 0.15) is 11.5 Å². The van der Waals surface area contributed by atoms with Crippen molar-refractivity contribution in [1.29, 1.82) is 0 Å². The molecule has 0 fully saturated rings. The number of carbonyl (C=O) groups excluding carboxylic acids is 2. The third kappa shape index (κ3) is 4.72. The van der Waals surface area contributed by atoms with Crippen LogP contribution in [0.25, 0.3) is 0 Å². The van der Waals surface area contributed by atoms with Gasteiger partial charge in [-0.3, -0.25) is 14.9 Å². The van der Waals surface area contributed by atoms with Crippen molar-refractivity contribution in [2.75, 3.05) is 19.5 Å². The summed E-state index contributed by atoms with van der Waals surface area (Å²) in [5.41, 5.74) is 3.01. The maximum absolute atomic E-state index is 12.9. The van der Waals surface area contributed by atoms with E-state index in [4.69, 9.17) is 9.47 Å². The van der Waals surface area contributed by atoms with Crippen molar-refractivity contribution in [3.63, 3.8) is 0 Å². The Hall–Kier alpha value is -3.74. The summed E-state index contributed by atoms with van der Waals surface area (Å²) in [7, 11) is 3.20. The number of anilines is 1. The first-order chi connectivity index (χ1) is 16.0. The number of benzene rings is 2. The molecule has 1 N–H and O–H groups in total. The molecule has 2 aromatic carbocycles. The van der Waals surface area contributed by atoms with Gasteiger partial charge in [0.2, 0.25) is 11.9 Å². The predicted molar refractivity (Wildman–Crippen MR) is 125 cm³/mol. The van der Waals surface area contributed by atoms with Crippen molar-refractivity contribution in [1.82, 2.24) is 9.97 Å². The van der Waals surface area contributed by atoms with Crippen molar-refractivity contribution in [2.24, 2.45) is 0 Å². The highest BCUT2D eigenvalue weighted by Gasteiger charge is 2.30. The summed E-state index contributed by atoms with van der Waals surface area (Å²) in [6, 6.07) is 15.2. The van der Waals surface area contributed by atoms with E-state index in [0.717, 1.165) is 11.1 Å². The Kier molecular flexibility index (Phi) is 6.68.